The second-order valence-corrected chi connectivity index (χ2v) is 10.7. The number of esters is 1. The van der Waals surface area contributed by atoms with E-state index in [9.17, 15) is 15.0 Å². The maximum atomic E-state index is 11.7. The average molecular weight is 427 g/mol. The minimum absolute atomic E-state index is 0.0661. The number of carbonyl (C=O) groups excluding carboxylic acids is 1. The number of fused-ring (bicyclic) bond motifs is 1. The molecule has 0 aromatic carbocycles. The highest BCUT2D eigenvalue weighted by Gasteiger charge is 2.51. The van der Waals surface area contributed by atoms with Crippen LogP contribution in [0.3, 0.4) is 0 Å². The van der Waals surface area contributed by atoms with Gasteiger partial charge in [0.15, 0.2) is 0 Å². The number of rotatable bonds is 4. The van der Waals surface area contributed by atoms with Crippen LogP contribution in [0.15, 0.2) is 47.1 Å². The highest BCUT2D eigenvalue weighted by atomic mass is 16.5. The van der Waals surface area contributed by atoms with Gasteiger partial charge in [0.25, 0.3) is 0 Å². The van der Waals surface area contributed by atoms with Crippen molar-refractivity contribution in [1.29, 1.82) is 0 Å². The molecule has 0 amide bonds. The standard InChI is InChI=1S/C27H38O4/c1-16(12-22-13-17(2)26(30)31-22)23-9-10-24-19(6-5-11-27(23,24)4)7-8-20-14-21(28)15-25(29)18(20)3/h7-8,13,16,21-25,28-29H,3,5-6,9-12,14-15H2,1-2,4H3/b19-7+,20-8-/t16-,21-,22-,23-,24?,25+,27-/m1/s1. The minimum Gasteiger partial charge on any atom is -0.455 e. The molecule has 1 heterocycles. The van der Waals surface area contributed by atoms with E-state index in [4.69, 9.17) is 4.74 Å². The van der Waals surface area contributed by atoms with Crippen molar-refractivity contribution in [3.8, 4) is 0 Å². The Bertz CT molecular complexity index is 834. The fourth-order valence-electron chi connectivity index (χ4n) is 6.94. The van der Waals surface area contributed by atoms with Gasteiger partial charge in [-0.15, -0.1) is 0 Å². The number of ether oxygens (including phenoxy) is 1. The van der Waals surface area contributed by atoms with Crippen LogP contribution >= 0.6 is 0 Å². The Morgan fingerprint density at radius 2 is 2.10 bits per heavy atom. The first-order valence-electron chi connectivity index (χ1n) is 12.0. The van der Waals surface area contributed by atoms with E-state index in [0.29, 0.717) is 30.6 Å². The molecule has 0 radical (unpaired) electrons. The van der Waals surface area contributed by atoms with Crippen LogP contribution in [0.1, 0.15) is 72.1 Å². The molecule has 2 N–H and O–H groups in total. The SMILES string of the molecule is C=C1/C(=C\C=C2/CCC[C@@]3(C)C2CC[C@@H]3[C@H](C)C[C@@H]2C=C(C)C(=O)O2)C[C@@H](O)C[C@@H]1O. The molecule has 0 aromatic rings. The number of cyclic esters (lactones) is 1. The molecule has 1 unspecified atom stereocenters. The van der Waals surface area contributed by atoms with Gasteiger partial charge in [0.05, 0.1) is 12.2 Å². The zero-order valence-corrected chi connectivity index (χ0v) is 19.3. The van der Waals surface area contributed by atoms with Crippen molar-refractivity contribution < 1.29 is 19.7 Å². The molecule has 7 atom stereocenters. The van der Waals surface area contributed by atoms with Gasteiger partial charge in [-0.2, -0.15) is 0 Å². The van der Waals surface area contributed by atoms with Gasteiger partial charge in [-0.1, -0.05) is 38.2 Å². The Morgan fingerprint density at radius 1 is 1.32 bits per heavy atom. The van der Waals surface area contributed by atoms with E-state index in [1.54, 1.807) is 0 Å². The zero-order chi connectivity index (χ0) is 22.3. The maximum absolute atomic E-state index is 11.7. The molecule has 0 saturated heterocycles. The van der Waals surface area contributed by atoms with Gasteiger partial charge < -0.3 is 14.9 Å². The lowest BCUT2D eigenvalue weighted by Crippen LogP contribution is -2.36. The lowest BCUT2D eigenvalue weighted by atomic mass is 9.60. The van der Waals surface area contributed by atoms with Crippen molar-refractivity contribution in [2.45, 2.75) is 90.4 Å². The Morgan fingerprint density at radius 3 is 2.81 bits per heavy atom. The van der Waals surface area contributed by atoms with Crippen molar-refractivity contribution in [3.05, 3.63) is 47.1 Å². The van der Waals surface area contributed by atoms with E-state index in [-0.39, 0.29) is 17.5 Å². The van der Waals surface area contributed by atoms with Crippen molar-refractivity contribution >= 4 is 5.97 Å². The van der Waals surface area contributed by atoms with Gasteiger partial charge in [-0.3, -0.25) is 0 Å². The van der Waals surface area contributed by atoms with Gasteiger partial charge in [-0.25, -0.2) is 4.79 Å². The van der Waals surface area contributed by atoms with Crippen LogP contribution in [-0.2, 0) is 9.53 Å². The molecular formula is C27H38O4. The van der Waals surface area contributed by atoms with Crippen LogP contribution < -0.4 is 0 Å². The second kappa shape index (κ2) is 8.71. The third-order valence-electron chi connectivity index (χ3n) is 8.61. The number of aliphatic hydroxyl groups excluding tert-OH is 2. The molecule has 0 bridgehead atoms. The second-order valence-electron chi connectivity index (χ2n) is 10.7. The molecule has 1 aliphatic heterocycles. The largest absolute Gasteiger partial charge is 0.455 e. The number of hydrogen-bond acceptors (Lipinski definition) is 4. The normalized spacial score (nSPS) is 42.0. The Kier molecular flexibility index (Phi) is 6.33. The summed E-state index contributed by atoms with van der Waals surface area (Å²) in [7, 11) is 0. The van der Waals surface area contributed by atoms with Gasteiger partial charge in [0.2, 0.25) is 0 Å². The first kappa shape index (κ1) is 22.5. The molecule has 4 rings (SSSR count). The quantitative estimate of drug-likeness (QED) is 0.619. The first-order chi connectivity index (χ1) is 14.7. The molecule has 3 fully saturated rings. The summed E-state index contributed by atoms with van der Waals surface area (Å²) in [4.78, 5) is 11.7. The third kappa shape index (κ3) is 4.34. The van der Waals surface area contributed by atoms with Crippen LogP contribution in [0.5, 0.6) is 0 Å². The highest BCUT2D eigenvalue weighted by Crippen LogP contribution is 2.60. The Balaban J connectivity index is 1.48. The molecule has 0 spiro atoms. The highest BCUT2D eigenvalue weighted by molar-refractivity contribution is 5.90. The number of allylic oxidation sites excluding steroid dienone is 3. The predicted octanol–water partition coefficient (Wildman–Crippen LogP) is 5.03. The van der Waals surface area contributed by atoms with Crippen molar-refractivity contribution in [1.82, 2.24) is 0 Å². The van der Waals surface area contributed by atoms with E-state index in [0.717, 1.165) is 29.6 Å². The summed E-state index contributed by atoms with van der Waals surface area (Å²) < 4.78 is 5.53. The van der Waals surface area contributed by atoms with Crippen LogP contribution in [0, 0.1) is 23.2 Å². The molecule has 4 aliphatic rings. The lowest BCUT2D eigenvalue weighted by molar-refractivity contribution is -0.140. The summed E-state index contributed by atoms with van der Waals surface area (Å²) in [6.07, 6.45) is 13.1. The van der Waals surface area contributed by atoms with Crippen molar-refractivity contribution in [3.63, 3.8) is 0 Å². The van der Waals surface area contributed by atoms with Crippen LogP contribution in [0.2, 0.25) is 0 Å². The summed E-state index contributed by atoms with van der Waals surface area (Å²) in [5.74, 6) is 1.56. The van der Waals surface area contributed by atoms with Crippen molar-refractivity contribution in [2.24, 2.45) is 23.2 Å². The molecule has 3 aliphatic carbocycles. The number of aliphatic hydroxyl groups is 2. The summed E-state index contributed by atoms with van der Waals surface area (Å²) in [5.41, 5.74) is 4.28. The fraction of sp³-hybridized carbons (Fsp3) is 0.667. The number of carbonyl (C=O) groups is 1. The molecule has 170 valence electrons. The predicted molar refractivity (Wildman–Crippen MR) is 122 cm³/mol. The van der Waals surface area contributed by atoms with E-state index in [1.807, 2.05) is 13.0 Å². The summed E-state index contributed by atoms with van der Waals surface area (Å²) in [5, 5.41) is 20.2. The Hall–Kier alpha value is -1.65. The van der Waals surface area contributed by atoms with Crippen LogP contribution in [-0.4, -0.2) is 34.5 Å². The summed E-state index contributed by atoms with van der Waals surface area (Å²) >= 11 is 0. The Labute approximate surface area is 186 Å². The molecular weight excluding hydrogens is 388 g/mol. The summed E-state index contributed by atoms with van der Waals surface area (Å²) in [6.45, 7) is 10.7. The fourth-order valence-corrected chi connectivity index (χ4v) is 6.94. The number of hydrogen-bond donors (Lipinski definition) is 2. The molecule has 31 heavy (non-hydrogen) atoms. The summed E-state index contributed by atoms with van der Waals surface area (Å²) in [6, 6.07) is 0. The molecule has 3 saturated carbocycles. The lowest BCUT2D eigenvalue weighted by Gasteiger charge is -2.44. The van der Waals surface area contributed by atoms with Crippen molar-refractivity contribution in [2.75, 3.05) is 0 Å². The monoisotopic (exact) mass is 426 g/mol. The topological polar surface area (TPSA) is 66.8 Å². The van der Waals surface area contributed by atoms with Crippen LogP contribution in [0.4, 0.5) is 0 Å². The van der Waals surface area contributed by atoms with E-state index < -0.39 is 12.2 Å². The van der Waals surface area contributed by atoms with Gasteiger partial charge in [-0.05, 0) is 92.3 Å². The maximum Gasteiger partial charge on any atom is 0.334 e. The smallest absolute Gasteiger partial charge is 0.334 e. The van der Waals surface area contributed by atoms with E-state index in [2.05, 4.69) is 32.6 Å². The zero-order valence-electron chi connectivity index (χ0n) is 19.3. The molecule has 0 aromatic heterocycles. The first-order valence-corrected chi connectivity index (χ1v) is 12.0. The average Bonchev–Trinajstić information content (AvgIpc) is 3.22. The van der Waals surface area contributed by atoms with E-state index >= 15 is 0 Å². The van der Waals surface area contributed by atoms with Gasteiger partial charge in [0, 0.05) is 12.0 Å². The van der Waals surface area contributed by atoms with Gasteiger partial charge in [0.1, 0.15) is 6.10 Å². The van der Waals surface area contributed by atoms with Crippen LogP contribution in [0.25, 0.3) is 0 Å². The minimum atomic E-state index is -0.635. The molecule has 4 heteroatoms. The third-order valence-corrected chi connectivity index (χ3v) is 8.61. The molecule has 4 nitrogen and oxygen atoms in total. The van der Waals surface area contributed by atoms with E-state index in [1.165, 1.54) is 31.3 Å². The van der Waals surface area contributed by atoms with Gasteiger partial charge >= 0.3 is 5.97 Å².